The van der Waals surface area contributed by atoms with E-state index in [0.29, 0.717) is 30.3 Å². The van der Waals surface area contributed by atoms with Gasteiger partial charge in [-0.3, -0.25) is 0 Å². The third-order valence-corrected chi connectivity index (χ3v) is 6.64. The van der Waals surface area contributed by atoms with E-state index in [4.69, 9.17) is 21.1 Å². The lowest BCUT2D eigenvalue weighted by Crippen LogP contribution is -2.47. The predicted octanol–water partition coefficient (Wildman–Crippen LogP) is 2.38. The molecule has 6 nitrogen and oxygen atoms in total. The van der Waals surface area contributed by atoms with Crippen molar-refractivity contribution in [1.82, 2.24) is 10.0 Å². The van der Waals surface area contributed by atoms with E-state index in [2.05, 4.69) is 10.0 Å². The van der Waals surface area contributed by atoms with E-state index in [-0.39, 0.29) is 28.8 Å². The number of halogens is 2. The Labute approximate surface area is 166 Å². The molecule has 3 rings (SSSR count). The van der Waals surface area contributed by atoms with Gasteiger partial charge >= 0.3 is 0 Å². The number of hydrogen-bond acceptors (Lipinski definition) is 5. The fourth-order valence-electron chi connectivity index (χ4n) is 3.58. The zero-order valence-electron chi connectivity index (χ0n) is 15.0. The maximum absolute atomic E-state index is 12.8. The van der Waals surface area contributed by atoms with Crippen LogP contribution in [0.5, 0.6) is 5.75 Å². The molecule has 0 radical (unpaired) electrons. The molecule has 26 heavy (non-hydrogen) atoms. The van der Waals surface area contributed by atoms with Crippen LogP contribution in [0.3, 0.4) is 0 Å². The Bertz CT molecular complexity index is 731. The van der Waals surface area contributed by atoms with Gasteiger partial charge in [-0.15, -0.1) is 12.4 Å². The van der Waals surface area contributed by atoms with Gasteiger partial charge in [-0.05, 0) is 45.0 Å². The monoisotopic (exact) mass is 424 g/mol. The second-order valence-corrected chi connectivity index (χ2v) is 9.21. The molecule has 148 valence electrons. The Hall–Kier alpha value is -0.570. The summed E-state index contributed by atoms with van der Waals surface area (Å²) in [6, 6.07) is 3.13. The number of methoxy groups -OCH3 is 1. The van der Waals surface area contributed by atoms with Crippen molar-refractivity contribution in [3.63, 3.8) is 0 Å². The summed E-state index contributed by atoms with van der Waals surface area (Å²) in [6.07, 6.45) is 2.43. The van der Waals surface area contributed by atoms with E-state index in [1.807, 2.05) is 6.92 Å². The summed E-state index contributed by atoms with van der Waals surface area (Å²) in [5, 5.41) is 3.65. The molecule has 1 fully saturated rings. The van der Waals surface area contributed by atoms with Gasteiger partial charge in [0.2, 0.25) is 10.0 Å². The highest BCUT2D eigenvalue weighted by Crippen LogP contribution is 2.38. The molecule has 0 aliphatic carbocycles. The maximum atomic E-state index is 12.8. The molecule has 0 bridgehead atoms. The molecule has 1 aromatic carbocycles. The quantitative estimate of drug-likeness (QED) is 0.732. The standard InChI is InChI=1S/C17H25ClN2O4S.ClH/c1-12-7-13-8-14(9-15(18)16(13)24-12)25(21,22)20-10-17(11-23-2)3-5-19-6-4-17;/h8-9,12,19-20H,3-7,10-11H2,1-2H3;1H. The van der Waals surface area contributed by atoms with E-state index in [1.165, 1.54) is 6.07 Å². The Morgan fingerprint density at radius 3 is 2.73 bits per heavy atom. The van der Waals surface area contributed by atoms with Crippen LogP contribution in [-0.2, 0) is 21.2 Å². The van der Waals surface area contributed by atoms with E-state index in [9.17, 15) is 8.42 Å². The van der Waals surface area contributed by atoms with Gasteiger partial charge in [-0.1, -0.05) is 11.6 Å². The summed E-state index contributed by atoms with van der Waals surface area (Å²) >= 11 is 6.23. The summed E-state index contributed by atoms with van der Waals surface area (Å²) in [7, 11) is -1.99. The molecule has 0 spiro atoms. The third kappa shape index (κ3) is 4.64. The first kappa shape index (κ1) is 21.7. The third-order valence-electron chi connectivity index (χ3n) is 4.98. The molecule has 1 atom stereocenters. The zero-order chi connectivity index (χ0) is 18.1. The number of sulfonamides is 1. The second kappa shape index (κ2) is 8.63. The molecule has 9 heteroatoms. The van der Waals surface area contributed by atoms with Gasteiger partial charge < -0.3 is 14.8 Å². The Kier molecular flexibility index (Phi) is 7.21. The average Bonchev–Trinajstić information content (AvgIpc) is 2.95. The SMILES string of the molecule is COCC1(CNS(=O)(=O)c2cc(Cl)c3c(c2)CC(C)O3)CCNCC1.Cl. The minimum absolute atomic E-state index is 0. The van der Waals surface area contributed by atoms with Gasteiger partial charge in [0, 0.05) is 31.1 Å². The number of piperidine rings is 1. The molecule has 0 aromatic heterocycles. The van der Waals surface area contributed by atoms with Crippen molar-refractivity contribution in [2.45, 2.75) is 37.2 Å². The van der Waals surface area contributed by atoms with Crippen LogP contribution in [0.15, 0.2) is 17.0 Å². The summed E-state index contributed by atoms with van der Waals surface area (Å²) in [5.74, 6) is 0.599. The number of benzene rings is 1. The lowest BCUT2D eigenvalue weighted by atomic mass is 9.80. The number of hydrogen-bond donors (Lipinski definition) is 2. The highest BCUT2D eigenvalue weighted by molar-refractivity contribution is 7.89. The van der Waals surface area contributed by atoms with Crippen molar-refractivity contribution in [3.05, 3.63) is 22.7 Å². The van der Waals surface area contributed by atoms with Crippen molar-refractivity contribution >= 4 is 34.0 Å². The normalized spacial score (nSPS) is 21.6. The highest BCUT2D eigenvalue weighted by Gasteiger charge is 2.34. The predicted molar refractivity (Wildman–Crippen MR) is 104 cm³/mol. The molecule has 0 amide bonds. The molecule has 0 saturated carbocycles. The van der Waals surface area contributed by atoms with Crippen LogP contribution in [0, 0.1) is 5.41 Å². The van der Waals surface area contributed by atoms with Gasteiger partial charge in [0.05, 0.1) is 16.5 Å². The fourth-order valence-corrected chi connectivity index (χ4v) is 5.16. The molecule has 2 aliphatic rings. The van der Waals surface area contributed by atoms with Crippen molar-refractivity contribution in [3.8, 4) is 5.75 Å². The minimum Gasteiger partial charge on any atom is -0.489 e. The smallest absolute Gasteiger partial charge is 0.240 e. The van der Waals surface area contributed by atoms with E-state index in [0.717, 1.165) is 31.5 Å². The van der Waals surface area contributed by atoms with Gasteiger partial charge in [0.1, 0.15) is 11.9 Å². The van der Waals surface area contributed by atoms with Crippen LogP contribution in [0.4, 0.5) is 0 Å². The van der Waals surface area contributed by atoms with Crippen molar-refractivity contribution in [2.75, 3.05) is 33.4 Å². The molecule has 1 aromatic rings. The largest absolute Gasteiger partial charge is 0.489 e. The van der Waals surface area contributed by atoms with Crippen molar-refractivity contribution in [1.29, 1.82) is 0 Å². The first-order chi connectivity index (χ1) is 11.9. The van der Waals surface area contributed by atoms with Gasteiger partial charge in [-0.25, -0.2) is 13.1 Å². The lowest BCUT2D eigenvalue weighted by Gasteiger charge is -2.37. The highest BCUT2D eigenvalue weighted by atomic mass is 35.5. The van der Waals surface area contributed by atoms with E-state index < -0.39 is 10.0 Å². The maximum Gasteiger partial charge on any atom is 0.240 e. The molecular weight excluding hydrogens is 399 g/mol. The van der Waals surface area contributed by atoms with Crippen LogP contribution in [0.1, 0.15) is 25.3 Å². The topological polar surface area (TPSA) is 76.7 Å². The first-order valence-corrected chi connectivity index (χ1v) is 10.4. The van der Waals surface area contributed by atoms with Gasteiger partial charge in [-0.2, -0.15) is 0 Å². The Balaban J connectivity index is 0.00000243. The van der Waals surface area contributed by atoms with Crippen LogP contribution in [0.25, 0.3) is 0 Å². The molecule has 2 heterocycles. The molecular formula is C17H26Cl2N2O4S. The van der Waals surface area contributed by atoms with Crippen LogP contribution in [0.2, 0.25) is 5.02 Å². The number of fused-ring (bicyclic) bond motifs is 1. The fraction of sp³-hybridized carbons (Fsp3) is 0.647. The summed E-state index contributed by atoms with van der Waals surface area (Å²) in [6.45, 7) is 4.56. The summed E-state index contributed by atoms with van der Waals surface area (Å²) in [4.78, 5) is 0.190. The number of ether oxygens (including phenoxy) is 2. The number of rotatable bonds is 6. The lowest BCUT2D eigenvalue weighted by molar-refractivity contribution is 0.0577. The molecule has 1 unspecified atom stereocenters. The zero-order valence-corrected chi connectivity index (χ0v) is 17.4. The summed E-state index contributed by atoms with van der Waals surface area (Å²) < 4.78 is 39.3. The molecule has 2 aliphatic heterocycles. The average molecular weight is 425 g/mol. The van der Waals surface area contributed by atoms with Crippen LogP contribution in [-0.4, -0.2) is 47.9 Å². The van der Waals surface area contributed by atoms with E-state index >= 15 is 0 Å². The van der Waals surface area contributed by atoms with Crippen LogP contribution < -0.4 is 14.8 Å². The second-order valence-electron chi connectivity index (χ2n) is 7.03. The Morgan fingerprint density at radius 2 is 2.08 bits per heavy atom. The molecule has 2 N–H and O–H groups in total. The Morgan fingerprint density at radius 1 is 1.38 bits per heavy atom. The first-order valence-electron chi connectivity index (χ1n) is 8.54. The minimum atomic E-state index is -3.64. The van der Waals surface area contributed by atoms with Crippen molar-refractivity contribution in [2.24, 2.45) is 5.41 Å². The van der Waals surface area contributed by atoms with Crippen molar-refractivity contribution < 1.29 is 17.9 Å². The summed E-state index contributed by atoms with van der Waals surface area (Å²) in [5.41, 5.74) is 0.666. The van der Waals surface area contributed by atoms with Crippen LogP contribution >= 0.6 is 24.0 Å². The van der Waals surface area contributed by atoms with Gasteiger partial charge in [0.25, 0.3) is 0 Å². The molecule has 1 saturated heterocycles. The van der Waals surface area contributed by atoms with Gasteiger partial charge in [0.15, 0.2) is 0 Å². The van der Waals surface area contributed by atoms with E-state index in [1.54, 1.807) is 13.2 Å². The number of nitrogens with one attached hydrogen (secondary N) is 2.